The smallest absolute Gasteiger partial charge is 0.164 e. The van der Waals surface area contributed by atoms with Crippen molar-refractivity contribution >= 4 is 5.78 Å². The Bertz CT molecular complexity index is 356. The summed E-state index contributed by atoms with van der Waals surface area (Å²) in [4.78, 5) is 11.6. The van der Waals surface area contributed by atoms with Crippen LogP contribution < -0.4 is 5.73 Å². The zero-order chi connectivity index (χ0) is 10.7. The SMILES string of the molecule is Cc1cc(C)c(C(=O)CCN)cc1C. The van der Waals surface area contributed by atoms with Gasteiger partial charge >= 0.3 is 0 Å². The number of hydrogen-bond acceptors (Lipinski definition) is 2. The van der Waals surface area contributed by atoms with Crippen LogP contribution in [0.15, 0.2) is 12.1 Å². The molecule has 0 aliphatic carbocycles. The number of carbonyl (C=O) groups excluding carboxylic acids is 1. The van der Waals surface area contributed by atoms with Gasteiger partial charge in [0.2, 0.25) is 0 Å². The summed E-state index contributed by atoms with van der Waals surface area (Å²) in [6.45, 7) is 6.47. The maximum Gasteiger partial charge on any atom is 0.164 e. The van der Waals surface area contributed by atoms with Gasteiger partial charge in [0.15, 0.2) is 5.78 Å². The Morgan fingerprint density at radius 3 is 2.29 bits per heavy atom. The van der Waals surface area contributed by atoms with Crippen LogP contribution in [0.1, 0.15) is 33.5 Å². The lowest BCUT2D eigenvalue weighted by Crippen LogP contribution is -2.09. The van der Waals surface area contributed by atoms with Gasteiger partial charge in [0.25, 0.3) is 0 Å². The van der Waals surface area contributed by atoms with Crippen molar-refractivity contribution in [1.82, 2.24) is 0 Å². The van der Waals surface area contributed by atoms with Crippen molar-refractivity contribution in [3.8, 4) is 0 Å². The first-order chi connectivity index (χ1) is 6.56. The van der Waals surface area contributed by atoms with Crippen molar-refractivity contribution in [3.63, 3.8) is 0 Å². The molecule has 0 saturated carbocycles. The molecule has 0 spiro atoms. The lowest BCUT2D eigenvalue weighted by molar-refractivity contribution is 0.0985. The third-order valence-corrected chi connectivity index (χ3v) is 2.51. The molecule has 14 heavy (non-hydrogen) atoms. The number of aryl methyl sites for hydroxylation is 3. The zero-order valence-corrected chi connectivity index (χ0v) is 9.05. The number of benzene rings is 1. The molecule has 0 unspecified atom stereocenters. The van der Waals surface area contributed by atoms with Crippen LogP contribution in [0, 0.1) is 20.8 Å². The molecular formula is C12H17NO. The number of nitrogens with two attached hydrogens (primary N) is 1. The summed E-state index contributed by atoms with van der Waals surface area (Å²) in [6.07, 6.45) is 0.434. The lowest BCUT2D eigenvalue weighted by Gasteiger charge is -2.08. The highest BCUT2D eigenvalue weighted by molar-refractivity contribution is 5.97. The first kappa shape index (κ1) is 10.9. The molecule has 1 aromatic rings. The van der Waals surface area contributed by atoms with Gasteiger partial charge in [0, 0.05) is 12.0 Å². The van der Waals surface area contributed by atoms with Crippen molar-refractivity contribution in [3.05, 3.63) is 34.4 Å². The average molecular weight is 191 g/mol. The van der Waals surface area contributed by atoms with Gasteiger partial charge in [-0.05, 0) is 50.1 Å². The molecule has 0 amide bonds. The van der Waals surface area contributed by atoms with E-state index in [1.807, 2.05) is 19.9 Å². The van der Waals surface area contributed by atoms with Gasteiger partial charge in [0.1, 0.15) is 0 Å². The predicted octanol–water partition coefficient (Wildman–Crippen LogP) is 2.14. The second-order valence-corrected chi connectivity index (χ2v) is 3.71. The highest BCUT2D eigenvalue weighted by Crippen LogP contribution is 2.16. The summed E-state index contributed by atoms with van der Waals surface area (Å²) >= 11 is 0. The molecule has 0 saturated heterocycles. The molecule has 76 valence electrons. The van der Waals surface area contributed by atoms with Crippen molar-refractivity contribution in [2.24, 2.45) is 5.73 Å². The summed E-state index contributed by atoms with van der Waals surface area (Å²) in [5.74, 6) is 0.146. The van der Waals surface area contributed by atoms with E-state index in [0.717, 1.165) is 16.7 Å². The van der Waals surface area contributed by atoms with Gasteiger partial charge in [-0.3, -0.25) is 4.79 Å². The molecule has 0 radical (unpaired) electrons. The van der Waals surface area contributed by atoms with Crippen molar-refractivity contribution in [2.75, 3.05) is 6.54 Å². The van der Waals surface area contributed by atoms with E-state index in [-0.39, 0.29) is 5.78 Å². The van der Waals surface area contributed by atoms with E-state index in [0.29, 0.717) is 13.0 Å². The largest absolute Gasteiger partial charge is 0.330 e. The second kappa shape index (κ2) is 4.38. The van der Waals surface area contributed by atoms with Crippen LogP contribution in [0.4, 0.5) is 0 Å². The molecular weight excluding hydrogens is 174 g/mol. The summed E-state index contributed by atoms with van der Waals surface area (Å²) < 4.78 is 0. The third kappa shape index (κ3) is 2.20. The minimum Gasteiger partial charge on any atom is -0.330 e. The lowest BCUT2D eigenvalue weighted by atomic mass is 9.97. The number of carbonyl (C=O) groups is 1. The van der Waals surface area contributed by atoms with Crippen molar-refractivity contribution in [1.29, 1.82) is 0 Å². The number of hydrogen-bond donors (Lipinski definition) is 1. The Labute approximate surface area is 85.1 Å². The Hall–Kier alpha value is -1.15. The standard InChI is InChI=1S/C12H17NO/c1-8-6-10(3)11(7-9(8)2)12(14)4-5-13/h6-7H,4-5,13H2,1-3H3. The number of Topliss-reactive ketones (excluding diaryl/α,β-unsaturated/α-hetero) is 1. The molecule has 1 rings (SSSR count). The van der Waals surface area contributed by atoms with E-state index >= 15 is 0 Å². The molecule has 2 heteroatoms. The van der Waals surface area contributed by atoms with Crippen LogP contribution in [0.25, 0.3) is 0 Å². The molecule has 0 aliphatic rings. The maximum absolute atomic E-state index is 11.6. The number of ketones is 1. The predicted molar refractivity (Wildman–Crippen MR) is 58.7 cm³/mol. The molecule has 2 N–H and O–H groups in total. The fourth-order valence-electron chi connectivity index (χ4n) is 1.53. The summed E-state index contributed by atoms with van der Waals surface area (Å²) in [5.41, 5.74) is 9.62. The summed E-state index contributed by atoms with van der Waals surface area (Å²) in [7, 11) is 0. The van der Waals surface area contributed by atoms with Crippen LogP contribution in [0.5, 0.6) is 0 Å². The Morgan fingerprint density at radius 1 is 1.14 bits per heavy atom. The molecule has 1 aromatic carbocycles. The zero-order valence-electron chi connectivity index (χ0n) is 9.05. The summed E-state index contributed by atoms with van der Waals surface area (Å²) in [5, 5.41) is 0. The van der Waals surface area contributed by atoms with Gasteiger partial charge in [0.05, 0.1) is 0 Å². The fourth-order valence-corrected chi connectivity index (χ4v) is 1.53. The highest BCUT2D eigenvalue weighted by Gasteiger charge is 2.09. The Kier molecular flexibility index (Phi) is 3.42. The minimum absolute atomic E-state index is 0.146. The van der Waals surface area contributed by atoms with Crippen molar-refractivity contribution in [2.45, 2.75) is 27.2 Å². The molecule has 0 aromatic heterocycles. The second-order valence-electron chi connectivity index (χ2n) is 3.71. The fraction of sp³-hybridized carbons (Fsp3) is 0.417. The molecule has 0 atom stereocenters. The monoisotopic (exact) mass is 191 g/mol. The van der Waals surface area contributed by atoms with Crippen molar-refractivity contribution < 1.29 is 4.79 Å². The normalized spacial score (nSPS) is 10.3. The average Bonchev–Trinajstić information content (AvgIpc) is 2.11. The van der Waals surface area contributed by atoms with E-state index in [2.05, 4.69) is 13.0 Å². The topological polar surface area (TPSA) is 43.1 Å². The van der Waals surface area contributed by atoms with Gasteiger partial charge < -0.3 is 5.73 Å². The molecule has 0 aliphatic heterocycles. The van der Waals surface area contributed by atoms with Crippen LogP contribution in [-0.2, 0) is 0 Å². The Morgan fingerprint density at radius 2 is 1.71 bits per heavy atom. The van der Waals surface area contributed by atoms with Gasteiger partial charge in [-0.2, -0.15) is 0 Å². The van der Waals surface area contributed by atoms with Crippen LogP contribution in [0.2, 0.25) is 0 Å². The van der Waals surface area contributed by atoms with E-state index in [1.165, 1.54) is 5.56 Å². The number of rotatable bonds is 3. The molecule has 0 bridgehead atoms. The van der Waals surface area contributed by atoms with E-state index < -0.39 is 0 Å². The first-order valence-corrected chi connectivity index (χ1v) is 4.87. The quantitative estimate of drug-likeness (QED) is 0.744. The van der Waals surface area contributed by atoms with Gasteiger partial charge in [-0.15, -0.1) is 0 Å². The van der Waals surface area contributed by atoms with E-state index in [4.69, 9.17) is 5.73 Å². The third-order valence-electron chi connectivity index (χ3n) is 2.51. The van der Waals surface area contributed by atoms with Gasteiger partial charge in [-0.1, -0.05) is 6.07 Å². The van der Waals surface area contributed by atoms with E-state index in [1.54, 1.807) is 0 Å². The van der Waals surface area contributed by atoms with Crippen LogP contribution >= 0.6 is 0 Å². The molecule has 0 fully saturated rings. The minimum atomic E-state index is 0.146. The highest BCUT2D eigenvalue weighted by atomic mass is 16.1. The first-order valence-electron chi connectivity index (χ1n) is 4.87. The van der Waals surface area contributed by atoms with E-state index in [9.17, 15) is 4.79 Å². The van der Waals surface area contributed by atoms with Crippen LogP contribution in [-0.4, -0.2) is 12.3 Å². The maximum atomic E-state index is 11.6. The molecule has 0 heterocycles. The van der Waals surface area contributed by atoms with Crippen LogP contribution in [0.3, 0.4) is 0 Å². The Balaban J connectivity index is 3.09. The molecule has 2 nitrogen and oxygen atoms in total. The van der Waals surface area contributed by atoms with Gasteiger partial charge in [-0.25, -0.2) is 0 Å². The summed E-state index contributed by atoms with van der Waals surface area (Å²) in [6, 6.07) is 4.02.